The van der Waals surface area contributed by atoms with Crippen LogP contribution >= 0.6 is 0 Å². The van der Waals surface area contributed by atoms with Crippen molar-refractivity contribution in [1.29, 1.82) is 0 Å². The number of aliphatic hydroxyl groups excluding tert-OH is 3. The number of carbonyl (C=O) groups is 2. The van der Waals surface area contributed by atoms with Crippen LogP contribution in [0.25, 0.3) is 0 Å². The molecule has 0 saturated heterocycles. The smallest absolute Gasteiger partial charge is 0.353 e. The first-order valence-electron chi connectivity index (χ1n) is 14.2. The summed E-state index contributed by atoms with van der Waals surface area (Å²) >= 11 is 0. The number of methoxy groups -OCH3 is 1. The fraction of sp³-hybridized carbons (Fsp3) is 0.929. The van der Waals surface area contributed by atoms with Crippen LogP contribution in [0.15, 0.2) is 0 Å². The molecule has 0 saturated carbocycles. The van der Waals surface area contributed by atoms with Crippen LogP contribution in [0.1, 0.15) is 136 Å². The maximum absolute atomic E-state index is 12.7. The molecule has 7 nitrogen and oxygen atoms in total. The average molecular weight is 503 g/mol. The monoisotopic (exact) mass is 502 g/mol. The SMILES string of the molecule is CCCCCCCCCCCC(=O)OC(CCCCCCCCCC)(C(=O)OC)C(O)C(O)CO. The van der Waals surface area contributed by atoms with Crippen LogP contribution in [0.4, 0.5) is 0 Å². The summed E-state index contributed by atoms with van der Waals surface area (Å²) in [6.07, 6.45) is 15.0. The molecular formula is C28H54O7. The van der Waals surface area contributed by atoms with E-state index >= 15 is 0 Å². The molecule has 3 atom stereocenters. The van der Waals surface area contributed by atoms with E-state index in [1.807, 2.05) is 0 Å². The molecule has 0 aliphatic heterocycles. The van der Waals surface area contributed by atoms with Gasteiger partial charge in [0.2, 0.25) is 5.60 Å². The Labute approximate surface area is 214 Å². The first kappa shape index (κ1) is 33.8. The summed E-state index contributed by atoms with van der Waals surface area (Å²) in [5.74, 6) is -1.50. The van der Waals surface area contributed by atoms with Gasteiger partial charge >= 0.3 is 11.9 Å². The van der Waals surface area contributed by atoms with Gasteiger partial charge < -0.3 is 24.8 Å². The minimum absolute atomic E-state index is 0.0381. The number of hydrogen-bond acceptors (Lipinski definition) is 7. The summed E-state index contributed by atoms with van der Waals surface area (Å²) in [5.41, 5.74) is -2.02. The van der Waals surface area contributed by atoms with E-state index in [1.54, 1.807) is 0 Å². The molecule has 7 heteroatoms. The Kier molecular flexibility index (Phi) is 21.3. The minimum atomic E-state index is -2.02. The molecule has 0 radical (unpaired) electrons. The summed E-state index contributed by atoms with van der Waals surface area (Å²) in [5, 5.41) is 30.2. The molecule has 0 spiro atoms. The molecule has 0 bridgehead atoms. The lowest BCUT2D eigenvalue weighted by atomic mass is 9.86. The van der Waals surface area contributed by atoms with Gasteiger partial charge in [-0.2, -0.15) is 0 Å². The predicted molar refractivity (Wildman–Crippen MR) is 139 cm³/mol. The topological polar surface area (TPSA) is 113 Å². The van der Waals surface area contributed by atoms with E-state index in [-0.39, 0.29) is 12.8 Å². The molecule has 0 aliphatic carbocycles. The molecule has 0 rings (SSSR count). The maximum Gasteiger partial charge on any atom is 0.353 e. The van der Waals surface area contributed by atoms with Crippen LogP contribution in [0, 0.1) is 0 Å². The molecule has 3 N–H and O–H groups in total. The fourth-order valence-corrected chi connectivity index (χ4v) is 4.46. The van der Waals surface area contributed by atoms with Crippen molar-refractivity contribution in [2.24, 2.45) is 0 Å². The standard InChI is InChI=1S/C28H54O7/c1-4-6-8-10-12-14-15-17-19-21-25(31)35-28(27(33)34-3,26(32)24(30)23-29)22-20-18-16-13-11-9-7-5-2/h24,26,29-30,32H,4-23H2,1-3H3. The molecule has 0 aromatic heterocycles. The van der Waals surface area contributed by atoms with Crippen LogP contribution in [-0.4, -0.2) is 58.8 Å². The quantitative estimate of drug-likeness (QED) is 0.116. The molecule has 0 heterocycles. The number of esters is 2. The van der Waals surface area contributed by atoms with Gasteiger partial charge in [-0.05, 0) is 12.8 Å². The molecule has 0 aromatic rings. The summed E-state index contributed by atoms with van der Waals surface area (Å²) in [6, 6.07) is 0. The second-order valence-corrected chi connectivity index (χ2v) is 9.85. The highest BCUT2D eigenvalue weighted by atomic mass is 16.6. The van der Waals surface area contributed by atoms with Crippen molar-refractivity contribution in [3.63, 3.8) is 0 Å². The zero-order valence-corrected chi connectivity index (χ0v) is 22.8. The van der Waals surface area contributed by atoms with Gasteiger partial charge in [-0.1, -0.05) is 110 Å². The molecule has 0 aromatic carbocycles. The summed E-state index contributed by atoms with van der Waals surface area (Å²) in [4.78, 5) is 25.4. The van der Waals surface area contributed by atoms with Gasteiger partial charge in [-0.15, -0.1) is 0 Å². The van der Waals surface area contributed by atoms with Crippen molar-refractivity contribution in [1.82, 2.24) is 0 Å². The Morgan fingerprint density at radius 3 is 1.57 bits per heavy atom. The van der Waals surface area contributed by atoms with Gasteiger partial charge in [-0.3, -0.25) is 4.79 Å². The third-order valence-corrected chi connectivity index (χ3v) is 6.74. The van der Waals surface area contributed by atoms with E-state index in [1.165, 1.54) is 51.4 Å². The van der Waals surface area contributed by atoms with Gasteiger partial charge in [0.25, 0.3) is 0 Å². The average Bonchev–Trinajstić information content (AvgIpc) is 2.87. The number of unbranched alkanes of at least 4 members (excludes halogenated alkanes) is 15. The van der Waals surface area contributed by atoms with Gasteiger partial charge in [0.1, 0.15) is 12.2 Å². The Bertz CT molecular complexity index is 525. The Hall–Kier alpha value is -1.18. The Morgan fingerprint density at radius 1 is 0.714 bits per heavy atom. The zero-order chi connectivity index (χ0) is 26.4. The fourth-order valence-electron chi connectivity index (χ4n) is 4.46. The number of aliphatic hydroxyl groups is 3. The number of ether oxygens (including phenoxy) is 2. The lowest BCUT2D eigenvalue weighted by Crippen LogP contribution is -2.58. The van der Waals surface area contributed by atoms with E-state index < -0.39 is 36.4 Å². The lowest BCUT2D eigenvalue weighted by Gasteiger charge is -2.36. The van der Waals surface area contributed by atoms with Crippen molar-refractivity contribution in [2.45, 2.75) is 154 Å². The molecule has 0 fully saturated rings. The highest BCUT2D eigenvalue weighted by Gasteiger charge is 2.52. The van der Waals surface area contributed by atoms with Crippen LogP contribution in [0.5, 0.6) is 0 Å². The summed E-state index contributed by atoms with van der Waals surface area (Å²) < 4.78 is 10.5. The molecule has 208 valence electrons. The van der Waals surface area contributed by atoms with Gasteiger partial charge in [0, 0.05) is 12.8 Å². The van der Waals surface area contributed by atoms with E-state index in [0.29, 0.717) is 12.8 Å². The minimum Gasteiger partial charge on any atom is -0.466 e. The van der Waals surface area contributed by atoms with Gasteiger partial charge in [0.15, 0.2) is 0 Å². The Balaban J connectivity index is 4.81. The number of carbonyl (C=O) groups excluding carboxylic acids is 2. The highest BCUT2D eigenvalue weighted by Crippen LogP contribution is 2.29. The number of hydrogen-bond donors (Lipinski definition) is 3. The van der Waals surface area contributed by atoms with Crippen LogP contribution in [0.2, 0.25) is 0 Å². The molecular weight excluding hydrogens is 448 g/mol. The third-order valence-electron chi connectivity index (χ3n) is 6.74. The van der Waals surface area contributed by atoms with E-state index in [4.69, 9.17) is 9.47 Å². The Morgan fingerprint density at radius 2 is 1.14 bits per heavy atom. The van der Waals surface area contributed by atoms with Crippen molar-refractivity contribution in [2.75, 3.05) is 13.7 Å². The molecule has 35 heavy (non-hydrogen) atoms. The predicted octanol–water partition coefficient (Wildman–Crippen LogP) is 5.61. The number of rotatable bonds is 24. The molecule has 3 unspecified atom stereocenters. The normalized spacial score (nSPS) is 14.8. The molecule has 0 aliphatic rings. The molecule has 0 amide bonds. The summed E-state index contributed by atoms with van der Waals surface area (Å²) in [7, 11) is 1.16. The summed E-state index contributed by atoms with van der Waals surface area (Å²) in [6.45, 7) is 3.62. The van der Waals surface area contributed by atoms with Gasteiger partial charge in [0.05, 0.1) is 13.7 Å². The van der Waals surface area contributed by atoms with Crippen molar-refractivity contribution in [3.8, 4) is 0 Å². The lowest BCUT2D eigenvalue weighted by molar-refractivity contribution is -0.207. The van der Waals surface area contributed by atoms with E-state index in [9.17, 15) is 24.9 Å². The maximum atomic E-state index is 12.7. The van der Waals surface area contributed by atoms with Crippen LogP contribution in [0.3, 0.4) is 0 Å². The third kappa shape index (κ3) is 14.8. The largest absolute Gasteiger partial charge is 0.466 e. The second-order valence-electron chi connectivity index (χ2n) is 9.85. The zero-order valence-electron chi connectivity index (χ0n) is 22.8. The van der Waals surface area contributed by atoms with Crippen molar-refractivity contribution >= 4 is 11.9 Å². The van der Waals surface area contributed by atoms with Crippen LogP contribution in [-0.2, 0) is 19.1 Å². The van der Waals surface area contributed by atoms with Crippen LogP contribution < -0.4 is 0 Å². The van der Waals surface area contributed by atoms with Crippen molar-refractivity contribution < 1.29 is 34.4 Å². The highest BCUT2D eigenvalue weighted by molar-refractivity contribution is 5.84. The second kappa shape index (κ2) is 22.1. The van der Waals surface area contributed by atoms with Gasteiger partial charge in [-0.25, -0.2) is 4.79 Å². The van der Waals surface area contributed by atoms with E-state index in [2.05, 4.69) is 13.8 Å². The first-order chi connectivity index (χ1) is 16.9. The van der Waals surface area contributed by atoms with E-state index in [0.717, 1.165) is 52.1 Å². The van der Waals surface area contributed by atoms with Crippen molar-refractivity contribution in [3.05, 3.63) is 0 Å². The first-order valence-corrected chi connectivity index (χ1v) is 14.2.